The number of anilines is 2. The molecule has 94 valence electrons. The number of nitrogens with zero attached hydrogens (tertiary/aromatic N) is 1. The van der Waals surface area contributed by atoms with Gasteiger partial charge in [-0.2, -0.15) is 0 Å². The Labute approximate surface area is 104 Å². The summed E-state index contributed by atoms with van der Waals surface area (Å²) in [7, 11) is 2.09. The molecule has 1 aromatic carbocycles. The van der Waals surface area contributed by atoms with Gasteiger partial charge in [-0.05, 0) is 43.4 Å². The van der Waals surface area contributed by atoms with Gasteiger partial charge in [-0.15, -0.1) is 0 Å². The van der Waals surface area contributed by atoms with Crippen molar-refractivity contribution >= 4 is 11.4 Å². The fourth-order valence-corrected chi connectivity index (χ4v) is 1.89. The van der Waals surface area contributed by atoms with Crippen molar-refractivity contribution in [3.05, 3.63) is 23.8 Å². The fourth-order valence-electron chi connectivity index (χ4n) is 1.89. The predicted molar refractivity (Wildman–Crippen MR) is 72.4 cm³/mol. The van der Waals surface area contributed by atoms with Crippen LogP contribution in [0, 0.1) is 12.8 Å². The van der Waals surface area contributed by atoms with Crippen LogP contribution in [0.3, 0.4) is 0 Å². The summed E-state index contributed by atoms with van der Waals surface area (Å²) in [6.07, 6.45) is 2.70. The standard InChI is InChI=1S/C14H22N2O/c1-11-3-6-13(15)9-14(11)16(2)7-8-17-10-12-4-5-12/h3,6,9,12H,4-5,7-8,10,15H2,1-2H3. The zero-order chi connectivity index (χ0) is 12.3. The molecule has 0 amide bonds. The lowest BCUT2D eigenvalue weighted by Crippen LogP contribution is -2.23. The summed E-state index contributed by atoms with van der Waals surface area (Å²) in [4.78, 5) is 2.21. The summed E-state index contributed by atoms with van der Waals surface area (Å²) < 4.78 is 5.65. The fraction of sp³-hybridized carbons (Fsp3) is 0.571. The van der Waals surface area contributed by atoms with Crippen LogP contribution in [-0.2, 0) is 4.74 Å². The van der Waals surface area contributed by atoms with Crippen LogP contribution >= 0.6 is 0 Å². The largest absolute Gasteiger partial charge is 0.399 e. The quantitative estimate of drug-likeness (QED) is 0.607. The number of nitrogens with two attached hydrogens (primary N) is 1. The molecule has 1 aromatic rings. The SMILES string of the molecule is Cc1ccc(N)cc1N(C)CCOCC1CC1. The van der Waals surface area contributed by atoms with Gasteiger partial charge in [0.15, 0.2) is 0 Å². The number of likely N-dealkylation sites (N-methyl/N-ethyl adjacent to an activating group) is 1. The molecule has 0 saturated heterocycles. The molecule has 0 heterocycles. The molecular formula is C14H22N2O. The van der Waals surface area contributed by atoms with E-state index in [-0.39, 0.29) is 0 Å². The molecule has 0 spiro atoms. The molecule has 0 bridgehead atoms. The van der Waals surface area contributed by atoms with E-state index < -0.39 is 0 Å². The van der Waals surface area contributed by atoms with Crippen LogP contribution in [0.4, 0.5) is 11.4 Å². The smallest absolute Gasteiger partial charge is 0.0641 e. The van der Waals surface area contributed by atoms with E-state index in [9.17, 15) is 0 Å². The van der Waals surface area contributed by atoms with Crippen LogP contribution in [0.25, 0.3) is 0 Å². The van der Waals surface area contributed by atoms with Crippen molar-refractivity contribution in [2.24, 2.45) is 5.92 Å². The van der Waals surface area contributed by atoms with E-state index in [0.717, 1.165) is 31.4 Å². The van der Waals surface area contributed by atoms with Gasteiger partial charge in [0.2, 0.25) is 0 Å². The Morgan fingerprint density at radius 3 is 2.88 bits per heavy atom. The van der Waals surface area contributed by atoms with E-state index >= 15 is 0 Å². The summed E-state index contributed by atoms with van der Waals surface area (Å²) in [5.41, 5.74) is 9.07. The highest BCUT2D eigenvalue weighted by Gasteiger charge is 2.20. The van der Waals surface area contributed by atoms with E-state index in [1.807, 2.05) is 12.1 Å². The third-order valence-corrected chi connectivity index (χ3v) is 3.27. The molecule has 1 aliphatic rings. The zero-order valence-electron chi connectivity index (χ0n) is 10.8. The number of rotatable bonds is 6. The molecule has 1 saturated carbocycles. The Morgan fingerprint density at radius 2 is 2.18 bits per heavy atom. The Balaban J connectivity index is 1.80. The summed E-state index contributed by atoms with van der Waals surface area (Å²) in [5, 5.41) is 0. The van der Waals surface area contributed by atoms with Gasteiger partial charge in [0, 0.05) is 31.6 Å². The van der Waals surface area contributed by atoms with E-state index in [1.54, 1.807) is 0 Å². The van der Waals surface area contributed by atoms with Crippen molar-refractivity contribution in [1.29, 1.82) is 0 Å². The molecule has 0 aliphatic heterocycles. The van der Waals surface area contributed by atoms with Crippen LogP contribution in [0.1, 0.15) is 18.4 Å². The van der Waals surface area contributed by atoms with Crippen LogP contribution in [0.2, 0.25) is 0 Å². The van der Waals surface area contributed by atoms with E-state index in [4.69, 9.17) is 10.5 Å². The second-order valence-corrected chi connectivity index (χ2v) is 4.99. The summed E-state index contributed by atoms with van der Waals surface area (Å²) >= 11 is 0. The average Bonchev–Trinajstić information content (AvgIpc) is 3.11. The van der Waals surface area contributed by atoms with Crippen molar-refractivity contribution in [2.45, 2.75) is 19.8 Å². The zero-order valence-corrected chi connectivity index (χ0v) is 10.8. The molecule has 3 heteroatoms. The normalized spacial score (nSPS) is 14.9. The molecule has 3 nitrogen and oxygen atoms in total. The number of nitrogen functional groups attached to an aromatic ring is 1. The number of aryl methyl sites for hydroxylation is 1. The maximum absolute atomic E-state index is 5.81. The minimum atomic E-state index is 0.793. The van der Waals surface area contributed by atoms with Crippen LogP contribution in [0.15, 0.2) is 18.2 Å². The van der Waals surface area contributed by atoms with Crippen molar-refractivity contribution < 1.29 is 4.74 Å². The second kappa shape index (κ2) is 5.41. The molecule has 17 heavy (non-hydrogen) atoms. The Bertz CT molecular complexity index is 374. The Hall–Kier alpha value is -1.22. The van der Waals surface area contributed by atoms with E-state index in [2.05, 4.69) is 24.9 Å². The van der Waals surface area contributed by atoms with Gasteiger partial charge in [0.1, 0.15) is 0 Å². The molecule has 2 rings (SSSR count). The van der Waals surface area contributed by atoms with Crippen molar-refractivity contribution in [1.82, 2.24) is 0 Å². The molecule has 1 fully saturated rings. The van der Waals surface area contributed by atoms with Crippen LogP contribution < -0.4 is 10.6 Å². The minimum absolute atomic E-state index is 0.793. The van der Waals surface area contributed by atoms with Gasteiger partial charge in [-0.25, -0.2) is 0 Å². The highest BCUT2D eigenvalue weighted by atomic mass is 16.5. The lowest BCUT2D eigenvalue weighted by atomic mass is 10.1. The number of benzene rings is 1. The van der Waals surface area contributed by atoms with E-state index in [0.29, 0.717) is 0 Å². The van der Waals surface area contributed by atoms with Gasteiger partial charge < -0.3 is 15.4 Å². The third-order valence-electron chi connectivity index (χ3n) is 3.27. The third kappa shape index (κ3) is 3.63. The first kappa shape index (κ1) is 12.2. The van der Waals surface area contributed by atoms with Gasteiger partial charge in [-0.1, -0.05) is 6.07 Å². The number of hydrogen-bond donors (Lipinski definition) is 1. The molecule has 0 radical (unpaired) electrons. The molecule has 0 unspecified atom stereocenters. The first-order valence-corrected chi connectivity index (χ1v) is 6.32. The number of hydrogen-bond acceptors (Lipinski definition) is 3. The molecule has 2 N–H and O–H groups in total. The lowest BCUT2D eigenvalue weighted by molar-refractivity contribution is 0.131. The predicted octanol–water partition coefficient (Wildman–Crippen LogP) is 2.44. The van der Waals surface area contributed by atoms with Crippen LogP contribution in [0.5, 0.6) is 0 Å². The average molecular weight is 234 g/mol. The maximum atomic E-state index is 5.81. The van der Waals surface area contributed by atoms with Crippen molar-refractivity contribution in [3.8, 4) is 0 Å². The summed E-state index contributed by atoms with van der Waals surface area (Å²) in [5.74, 6) is 0.842. The second-order valence-electron chi connectivity index (χ2n) is 4.99. The highest BCUT2D eigenvalue weighted by molar-refractivity contribution is 5.60. The number of ether oxygens (including phenoxy) is 1. The lowest BCUT2D eigenvalue weighted by Gasteiger charge is -2.21. The summed E-state index contributed by atoms with van der Waals surface area (Å²) in [6, 6.07) is 6.03. The molecule has 0 atom stereocenters. The van der Waals surface area contributed by atoms with Crippen molar-refractivity contribution in [3.63, 3.8) is 0 Å². The van der Waals surface area contributed by atoms with Gasteiger partial charge in [0.25, 0.3) is 0 Å². The first-order chi connectivity index (χ1) is 8.16. The molecule has 1 aliphatic carbocycles. The summed E-state index contributed by atoms with van der Waals surface area (Å²) in [6.45, 7) is 4.75. The van der Waals surface area contributed by atoms with Crippen molar-refractivity contribution in [2.75, 3.05) is 37.4 Å². The first-order valence-electron chi connectivity index (χ1n) is 6.32. The van der Waals surface area contributed by atoms with Gasteiger partial charge >= 0.3 is 0 Å². The molecule has 0 aromatic heterocycles. The maximum Gasteiger partial charge on any atom is 0.0641 e. The van der Waals surface area contributed by atoms with Crippen LogP contribution in [-0.4, -0.2) is 26.8 Å². The highest BCUT2D eigenvalue weighted by Crippen LogP contribution is 2.28. The monoisotopic (exact) mass is 234 g/mol. The van der Waals surface area contributed by atoms with Gasteiger partial charge in [0.05, 0.1) is 6.61 Å². The topological polar surface area (TPSA) is 38.5 Å². The Morgan fingerprint density at radius 1 is 1.41 bits per heavy atom. The minimum Gasteiger partial charge on any atom is -0.399 e. The van der Waals surface area contributed by atoms with Gasteiger partial charge in [-0.3, -0.25) is 0 Å². The van der Waals surface area contributed by atoms with E-state index in [1.165, 1.54) is 24.1 Å². The Kier molecular flexibility index (Phi) is 3.89. The molecular weight excluding hydrogens is 212 g/mol.